The summed E-state index contributed by atoms with van der Waals surface area (Å²) in [5.74, 6) is 0. The van der Waals surface area contributed by atoms with Crippen LogP contribution in [-0.4, -0.2) is 28.1 Å². The summed E-state index contributed by atoms with van der Waals surface area (Å²) in [7, 11) is 0. The van der Waals surface area contributed by atoms with E-state index in [0.29, 0.717) is 22.6 Å². The Morgan fingerprint density at radius 1 is 1.29 bits per heavy atom. The van der Waals surface area contributed by atoms with E-state index in [-0.39, 0.29) is 0 Å². The van der Waals surface area contributed by atoms with Crippen LogP contribution in [0, 0.1) is 4.91 Å². The summed E-state index contributed by atoms with van der Waals surface area (Å²) in [6, 6.07) is 8.71. The maximum atomic E-state index is 12.2. The second-order valence-electron chi connectivity index (χ2n) is 6.12. The lowest BCUT2D eigenvalue weighted by atomic mass is 10.1. The van der Waals surface area contributed by atoms with Crippen LogP contribution in [0.3, 0.4) is 0 Å². The van der Waals surface area contributed by atoms with Gasteiger partial charge in [0.1, 0.15) is 18.2 Å². The summed E-state index contributed by atoms with van der Waals surface area (Å²) in [6.45, 7) is 0.268. The van der Waals surface area contributed by atoms with Crippen LogP contribution >= 0.6 is 0 Å². The monoisotopic (exact) mass is 391 g/mol. The number of fused-ring (bicyclic) bond motifs is 1. The fraction of sp³-hybridized carbons (Fsp3) is 0.222. The van der Waals surface area contributed by atoms with Crippen molar-refractivity contribution >= 4 is 17.4 Å². The van der Waals surface area contributed by atoms with Crippen molar-refractivity contribution in [2.75, 3.05) is 11.9 Å². The van der Waals surface area contributed by atoms with Crippen LogP contribution in [0.15, 0.2) is 54.0 Å². The predicted molar refractivity (Wildman–Crippen MR) is 97.9 cm³/mol. The van der Waals surface area contributed by atoms with E-state index in [9.17, 15) is 22.9 Å². The highest BCUT2D eigenvalue weighted by atomic mass is 19.4. The Morgan fingerprint density at radius 2 is 2.07 bits per heavy atom. The van der Waals surface area contributed by atoms with Crippen molar-refractivity contribution in [1.29, 1.82) is 0 Å². The molecule has 2 aromatic heterocycles. The summed E-state index contributed by atoms with van der Waals surface area (Å²) < 4.78 is 38.3. The van der Waals surface area contributed by atoms with Crippen LogP contribution in [0.25, 0.3) is 16.9 Å². The van der Waals surface area contributed by atoms with Crippen molar-refractivity contribution in [3.63, 3.8) is 0 Å². The number of urea groups is 1. The minimum absolute atomic E-state index is 0.336. The van der Waals surface area contributed by atoms with Gasteiger partial charge in [0.15, 0.2) is 0 Å². The van der Waals surface area contributed by atoms with Gasteiger partial charge in [-0.1, -0.05) is 17.3 Å². The second-order valence-corrected chi connectivity index (χ2v) is 6.12. The zero-order chi connectivity index (χ0) is 20.3. The SMILES string of the molecule is CC(N=O)c1ccn2c(-c3cccc(NC(=O)NCC(F)(F)F)c3)cnc2c1. The quantitative estimate of drug-likeness (QED) is 0.627. The first-order chi connectivity index (χ1) is 13.3. The number of alkyl halides is 3. The molecule has 0 aliphatic carbocycles. The number of aromatic nitrogens is 2. The van der Waals surface area contributed by atoms with E-state index in [4.69, 9.17) is 0 Å². The van der Waals surface area contributed by atoms with Crippen LogP contribution < -0.4 is 10.6 Å². The van der Waals surface area contributed by atoms with E-state index in [0.717, 1.165) is 5.56 Å². The van der Waals surface area contributed by atoms with Gasteiger partial charge in [-0.15, -0.1) is 0 Å². The maximum absolute atomic E-state index is 12.2. The first-order valence-corrected chi connectivity index (χ1v) is 8.28. The lowest BCUT2D eigenvalue weighted by molar-refractivity contribution is -0.122. The number of rotatable bonds is 5. The van der Waals surface area contributed by atoms with Crippen LogP contribution in [-0.2, 0) is 0 Å². The number of benzene rings is 1. The summed E-state index contributed by atoms with van der Waals surface area (Å²) in [5.41, 5.74) is 3.10. The molecule has 146 valence electrons. The molecule has 0 spiro atoms. The lowest BCUT2D eigenvalue weighted by Crippen LogP contribution is -2.36. The van der Waals surface area contributed by atoms with Crippen molar-refractivity contribution < 1.29 is 18.0 Å². The summed E-state index contributed by atoms with van der Waals surface area (Å²) >= 11 is 0. The molecule has 0 saturated heterocycles. The van der Waals surface area contributed by atoms with E-state index < -0.39 is 24.8 Å². The van der Waals surface area contributed by atoms with Crippen LogP contribution in [0.4, 0.5) is 23.7 Å². The topological polar surface area (TPSA) is 87.9 Å². The van der Waals surface area contributed by atoms with Gasteiger partial charge in [0.2, 0.25) is 0 Å². The van der Waals surface area contributed by atoms with E-state index in [1.165, 1.54) is 0 Å². The normalized spacial score (nSPS) is 12.6. The van der Waals surface area contributed by atoms with Gasteiger partial charge in [-0.05, 0) is 36.8 Å². The molecule has 1 atom stereocenters. The predicted octanol–water partition coefficient (Wildman–Crippen LogP) is 4.51. The number of amides is 2. The molecule has 0 aliphatic heterocycles. The highest BCUT2D eigenvalue weighted by molar-refractivity contribution is 5.90. The van der Waals surface area contributed by atoms with Gasteiger partial charge in [0.05, 0.1) is 11.9 Å². The van der Waals surface area contributed by atoms with E-state index >= 15 is 0 Å². The Labute approximate surface area is 157 Å². The zero-order valence-corrected chi connectivity index (χ0v) is 14.7. The first-order valence-electron chi connectivity index (χ1n) is 8.28. The van der Waals surface area contributed by atoms with Gasteiger partial charge in [-0.25, -0.2) is 9.78 Å². The Kier molecular flexibility index (Phi) is 5.30. The Morgan fingerprint density at radius 3 is 2.79 bits per heavy atom. The highest BCUT2D eigenvalue weighted by Gasteiger charge is 2.27. The number of halogens is 3. The average molecular weight is 391 g/mol. The van der Waals surface area contributed by atoms with E-state index in [1.807, 2.05) is 0 Å². The van der Waals surface area contributed by atoms with Crippen molar-refractivity contribution in [2.24, 2.45) is 5.18 Å². The zero-order valence-electron chi connectivity index (χ0n) is 14.7. The molecule has 0 bridgehead atoms. The fourth-order valence-corrected chi connectivity index (χ4v) is 2.64. The Balaban J connectivity index is 1.82. The number of nitrogens with zero attached hydrogens (tertiary/aromatic N) is 3. The van der Waals surface area contributed by atoms with E-state index in [1.54, 1.807) is 65.4 Å². The molecule has 2 N–H and O–H groups in total. The Hall–Kier alpha value is -3.43. The molecular formula is C18H16F3N5O2. The summed E-state index contributed by atoms with van der Waals surface area (Å²) in [4.78, 5) is 26.7. The largest absolute Gasteiger partial charge is 0.405 e. The van der Waals surface area contributed by atoms with Gasteiger partial charge >= 0.3 is 12.2 Å². The molecule has 0 saturated carbocycles. The van der Waals surface area contributed by atoms with Crippen molar-refractivity contribution in [1.82, 2.24) is 14.7 Å². The van der Waals surface area contributed by atoms with E-state index in [2.05, 4.69) is 15.5 Å². The molecule has 0 aliphatic rings. The second kappa shape index (κ2) is 7.67. The highest BCUT2D eigenvalue weighted by Crippen LogP contribution is 2.26. The molecule has 0 fully saturated rings. The smallest absolute Gasteiger partial charge is 0.329 e. The number of hydrogen-bond donors (Lipinski definition) is 2. The molecule has 3 rings (SSSR count). The molecule has 2 heterocycles. The third-order valence-corrected chi connectivity index (χ3v) is 4.04. The number of pyridine rings is 1. The lowest BCUT2D eigenvalue weighted by Gasteiger charge is -2.11. The number of hydrogen-bond acceptors (Lipinski definition) is 4. The third kappa shape index (κ3) is 4.45. The first kappa shape index (κ1) is 19.3. The van der Waals surface area contributed by atoms with Gasteiger partial charge in [-0.2, -0.15) is 18.1 Å². The van der Waals surface area contributed by atoms with Gasteiger partial charge < -0.3 is 10.6 Å². The Bertz CT molecular complexity index is 1020. The van der Waals surface area contributed by atoms with Crippen LogP contribution in [0.5, 0.6) is 0 Å². The molecule has 3 aromatic rings. The van der Waals surface area contributed by atoms with Crippen molar-refractivity contribution in [2.45, 2.75) is 19.1 Å². The fourth-order valence-electron chi connectivity index (χ4n) is 2.64. The summed E-state index contributed by atoms with van der Waals surface area (Å²) in [5, 5.41) is 7.12. The van der Waals surface area contributed by atoms with Gasteiger partial charge in [-0.3, -0.25) is 4.40 Å². The molecular weight excluding hydrogens is 375 g/mol. The molecule has 0 radical (unpaired) electrons. The number of carbonyl (C=O) groups excluding carboxylic acids is 1. The number of nitroso groups, excluding NO2 is 1. The minimum atomic E-state index is -4.48. The summed E-state index contributed by atoms with van der Waals surface area (Å²) in [6.07, 6.45) is -1.10. The van der Waals surface area contributed by atoms with Crippen LogP contribution in [0.1, 0.15) is 18.5 Å². The molecule has 7 nitrogen and oxygen atoms in total. The number of anilines is 1. The van der Waals surface area contributed by atoms with Crippen molar-refractivity contribution in [3.8, 4) is 11.3 Å². The van der Waals surface area contributed by atoms with Gasteiger partial charge in [0, 0.05) is 17.4 Å². The molecule has 1 unspecified atom stereocenters. The molecule has 28 heavy (non-hydrogen) atoms. The maximum Gasteiger partial charge on any atom is 0.405 e. The number of nitrogens with one attached hydrogen (secondary N) is 2. The average Bonchev–Trinajstić information content (AvgIpc) is 3.08. The molecule has 2 amide bonds. The number of carbonyl (C=O) groups is 1. The molecule has 10 heteroatoms. The number of imidazole rings is 1. The minimum Gasteiger partial charge on any atom is -0.329 e. The molecule has 1 aromatic carbocycles. The van der Waals surface area contributed by atoms with Crippen LogP contribution in [0.2, 0.25) is 0 Å². The third-order valence-electron chi connectivity index (χ3n) is 4.04. The van der Waals surface area contributed by atoms with Gasteiger partial charge in [0.25, 0.3) is 0 Å². The standard InChI is InChI=1S/C18H16F3N5O2/c1-11(25-28)12-5-6-26-15(9-22-16(26)8-12)13-3-2-4-14(7-13)24-17(27)23-10-18(19,20)21/h2-9,11H,10H2,1H3,(H2,23,24,27). The van der Waals surface area contributed by atoms with Crippen molar-refractivity contribution in [3.05, 3.63) is 59.3 Å².